The number of amides is 1. The quantitative estimate of drug-likeness (QED) is 0.136. The molecule has 2 aromatic heterocycles. The Kier molecular flexibility index (Phi) is 11.6. The van der Waals surface area contributed by atoms with Crippen LogP contribution in [0.5, 0.6) is 11.5 Å². The van der Waals surface area contributed by atoms with E-state index in [0.29, 0.717) is 38.8 Å². The van der Waals surface area contributed by atoms with E-state index in [0.717, 1.165) is 16.8 Å². The molecular formula is C32H33N5O7S. The van der Waals surface area contributed by atoms with Gasteiger partial charge in [-0.15, -0.1) is 11.8 Å². The first-order valence-corrected chi connectivity index (χ1v) is 14.8. The molecule has 1 unspecified atom stereocenters. The fraction of sp³-hybridized carbons (Fsp3) is 0.250. The number of ketones is 1. The normalized spacial score (nSPS) is 12.0. The number of carbonyl (C=O) groups is 3. The highest BCUT2D eigenvalue weighted by Gasteiger charge is 2.23. The zero-order valence-corrected chi connectivity index (χ0v) is 25.8. The molecule has 12 nitrogen and oxygen atoms in total. The first kappa shape index (κ1) is 33.1. The van der Waals surface area contributed by atoms with Gasteiger partial charge in [0, 0.05) is 35.4 Å². The molecule has 1 amide bonds. The Labute approximate surface area is 263 Å². The molecule has 0 spiro atoms. The van der Waals surface area contributed by atoms with E-state index >= 15 is 0 Å². The minimum atomic E-state index is -1.19. The molecule has 13 heteroatoms. The van der Waals surface area contributed by atoms with Gasteiger partial charge < -0.3 is 30.3 Å². The predicted octanol–water partition coefficient (Wildman–Crippen LogP) is 4.49. The molecule has 4 aromatic rings. The molecule has 2 aromatic carbocycles. The summed E-state index contributed by atoms with van der Waals surface area (Å²) in [5.41, 5.74) is 3.59. The standard InChI is InChI=1S/C32H33N5O7S/c1-19-12-22(6-9-28(19)44-24-7-5-23(15-38)34-14-24)37-31-25-13-21(4-8-27(25)35-18-36-31)29(10-11-33-30(40)16-43-3)45-17-26(20(2)39)32(41)42/h4-10,12-14,18,26,38H,11,15-17H2,1-3H3,(H,33,40)(H,41,42)(H,35,36,37)/b29-10-. The second-order valence-corrected chi connectivity index (χ2v) is 11.0. The maximum absolute atomic E-state index is 11.9. The number of benzene rings is 2. The number of hydrogen-bond acceptors (Lipinski definition) is 11. The zero-order valence-electron chi connectivity index (χ0n) is 24.9. The van der Waals surface area contributed by atoms with Gasteiger partial charge in [0.1, 0.15) is 42.0 Å². The van der Waals surface area contributed by atoms with Crippen LogP contribution in [0.4, 0.5) is 11.5 Å². The van der Waals surface area contributed by atoms with Crippen molar-refractivity contribution in [2.45, 2.75) is 20.5 Å². The number of methoxy groups -OCH3 is 1. The number of aryl methyl sites for hydroxylation is 1. The van der Waals surface area contributed by atoms with E-state index in [1.165, 1.54) is 32.1 Å². The molecule has 234 valence electrons. The molecule has 0 aliphatic carbocycles. The Morgan fingerprint density at radius 1 is 1.07 bits per heavy atom. The molecule has 2 heterocycles. The third kappa shape index (κ3) is 9.08. The number of carboxylic acids is 1. The van der Waals surface area contributed by atoms with Crippen LogP contribution < -0.4 is 15.4 Å². The summed E-state index contributed by atoms with van der Waals surface area (Å²) in [5.74, 6) is -1.35. The van der Waals surface area contributed by atoms with E-state index < -0.39 is 17.7 Å². The first-order chi connectivity index (χ1) is 21.7. The number of carboxylic acid groups (broad SMARTS) is 1. The van der Waals surface area contributed by atoms with Gasteiger partial charge in [-0.1, -0.05) is 12.1 Å². The number of nitrogens with one attached hydrogen (secondary N) is 2. The van der Waals surface area contributed by atoms with Gasteiger partial charge in [-0.05, 0) is 67.4 Å². The van der Waals surface area contributed by atoms with Crippen molar-refractivity contribution in [2.24, 2.45) is 5.92 Å². The maximum atomic E-state index is 11.9. The summed E-state index contributed by atoms with van der Waals surface area (Å²) in [7, 11) is 1.42. The SMILES string of the molecule is COCC(=O)NC/C=C(\SCC(C(C)=O)C(=O)O)c1ccc2ncnc(Nc3ccc(Oc4ccc(CO)nc4)c(C)c3)c2c1. The largest absolute Gasteiger partial charge is 0.481 e. The van der Waals surface area contributed by atoms with Crippen LogP contribution in [0.2, 0.25) is 0 Å². The van der Waals surface area contributed by atoms with Crippen LogP contribution in [-0.2, 0) is 25.7 Å². The average molecular weight is 632 g/mol. The second-order valence-electron chi connectivity index (χ2n) is 9.92. The van der Waals surface area contributed by atoms with Crippen molar-refractivity contribution in [1.82, 2.24) is 20.3 Å². The number of pyridine rings is 1. The van der Waals surface area contributed by atoms with Gasteiger partial charge in [-0.3, -0.25) is 19.4 Å². The van der Waals surface area contributed by atoms with Gasteiger partial charge >= 0.3 is 5.97 Å². The molecule has 0 radical (unpaired) electrons. The van der Waals surface area contributed by atoms with E-state index in [2.05, 4.69) is 25.6 Å². The number of aliphatic carboxylic acids is 1. The molecule has 0 bridgehead atoms. The second kappa shape index (κ2) is 15.7. The number of nitrogens with zero attached hydrogens (tertiary/aromatic N) is 3. The van der Waals surface area contributed by atoms with Gasteiger partial charge in [0.15, 0.2) is 0 Å². The molecule has 0 fully saturated rings. The van der Waals surface area contributed by atoms with Crippen LogP contribution in [-0.4, -0.2) is 68.8 Å². The van der Waals surface area contributed by atoms with Crippen LogP contribution in [0.3, 0.4) is 0 Å². The van der Waals surface area contributed by atoms with Crippen molar-refractivity contribution in [2.75, 3.05) is 31.3 Å². The molecule has 4 rings (SSSR count). The monoisotopic (exact) mass is 631 g/mol. The van der Waals surface area contributed by atoms with E-state index in [4.69, 9.17) is 9.47 Å². The maximum Gasteiger partial charge on any atom is 0.314 e. The Morgan fingerprint density at radius 2 is 1.89 bits per heavy atom. The lowest BCUT2D eigenvalue weighted by Gasteiger charge is -2.15. The van der Waals surface area contributed by atoms with Gasteiger partial charge in [0.05, 0.1) is 24.0 Å². The molecule has 0 aliphatic rings. The number of aliphatic hydroxyl groups excluding tert-OH is 1. The number of ether oxygens (including phenoxy) is 2. The van der Waals surface area contributed by atoms with E-state index in [-0.39, 0.29) is 31.4 Å². The summed E-state index contributed by atoms with van der Waals surface area (Å²) in [6, 6.07) is 14.6. The summed E-state index contributed by atoms with van der Waals surface area (Å²) in [6.45, 7) is 3.11. The molecule has 45 heavy (non-hydrogen) atoms. The fourth-order valence-corrected chi connectivity index (χ4v) is 5.43. The van der Waals surface area contributed by atoms with Crippen LogP contribution >= 0.6 is 11.8 Å². The number of aromatic nitrogens is 3. The van der Waals surface area contributed by atoms with Gasteiger partial charge in [-0.2, -0.15) is 0 Å². The van der Waals surface area contributed by atoms with Crippen molar-refractivity contribution in [3.8, 4) is 11.5 Å². The number of hydrogen-bond donors (Lipinski definition) is 4. The molecule has 0 aliphatic heterocycles. The number of thioether (sulfide) groups is 1. The predicted molar refractivity (Wildman–Crippen MR) is 171 cm³/mol. The van der Waals surface area contributed by atoms with E-state index in [9.17, 15) is 24.6 Å². The number of aliphatic hydroxyl groups is 1. The smallest absolute Gasteiger partial charge is 0.314 e. The highest BCUT2D eigenvalue weighted by atomic mass is 32.2. The van der Waals surface area contributed by atoms with Crippen molar-refractivity contribution < 1.29 is 34.1 Å². The Hall–Kier alpha value is -4.85. The third-order valence-electron chi connectivity index (χ3n) is 6.60. The average Bonchev–Trinajstić information content (AvgIpc) is 3.02. The topological polar surface area (TPSA) is 173 Å². The first-order valence-electron chi connectivity index (χ1n) is 13.9. The lowest BCUT2D eigenvalue weighted by atomic mass is 10.1. The summed E-state index contributed by atoms with van der Waals surface area (Å²) < 4.78 is 10.8. The van der Waals surface area contributed by atoms with Crippen molar-refractivity contribution in [1.29, 1.82) is 0 Å². The van der Waals surface area contributed by atoms with Crippen molar-refractivity contribution in [3.63, 3.8) is 0 Å². The molecule has 1 atom stereocenters. The molecule has 0 saturated heterocycles. The lowest BCUT2D eigenvalue weighted by Crippen LogP contribution is -2.27. The van der Waals surface area contributed by atoms with Gasteiger partial charge in [0.25, 0.3) is 0 Å². The van der Waals surface area contributed by atoms with Crippen molar-refractivity contribution in [3.05, 3.63) is 84.0 Å². The van der Waals surface area contributed by atoms with Crippen LogP contribution in [0.25, 0.3) is 15.8 Å². The minimum absolute atomic E-state index is 0.0201. The zero-order chi connectivity index (χ0) is 32.3. The van der Waals surface area contributed by atoms with Crippen molar-refractivity contribution >= 4 is 56.7 Å². The fourth-order valence-electron chi connectivity index (χ4n) is 4.22. The Balaban J connectivity index is 1.60. The molecule has 4 N–H and O–H groups in total. The van der Waals surface area contributed by atoms with E-state index in [1.54, 1.807) is 24.4 Å². The summed E-state index contributed by atoms with van der Waals surface area (Å²) in [6.07, 6.45) is 4.78. The molecular weight excluding hydrogens is 598 g/mol. The number of anilines is 2. The summed E-state index contributed by atoms with van der Waals surface area (Å²) >= 11 is 1.21. The third-order valence-corrected chi connectivity index (χ3v) is 7.81. The molecule has 0 saturated carbocycles. The van der Waals surface area contributed by atoms with Gasteiger partial charge in [-0.25, -0.2) is 9.97 Å². The highest BCUT2D eigenvalue weighted by molar-refractivity contribution is 8.08. The highest BCUT2D eigenvalue weighted by Crippen LogP contribution is 2.34. The number of fused-ring (bicyclic) bond motifs is 1. The van der Waals surface area contributed by atoms with Gasteiger partial charge in [0.2, 0.25) is 5.91 Å². The van der Waals surface area contributed by atoms with Crippen LogP contribution in [0.1, 0.15) is 23.7 Å². The summed E-state index contributed by atoms with van der Waals surface area (Å²) in [4.78, 5) is 49.2. The minimum Gasteiger partial charge on any atom is -0.481 e. The van der Waals surface area contributed by atoms with Crippen LogP contribution in [0, 0.1) is 12.8 Å². The lowest BCUT2D eigenvalue weighted by molar-refractivity contribution is -0.144. The Morgan fingerprint density at radius 3 is 2.56 bits per heavy atom. The number of carbonyl (C=O) groups excluding carboxylic acids is 2. The number of Topliss-reactive ketones (excluding diaryl/α,β-unsaturated/α-hetero) is 1. The van der Waals surface area contributed by atoms with Crippen LogP contribution in [0.15, 0.2) is 67.1 Å². The number of rotatable bonds is 15. The summed E-state index contributed by atoms with van der Waals surface area (Å²) in [5, 5.41) is 25.5. The van der Waals surface area contributed by atoms with E-state index in [1.807, 2.05) is 43.3 Å². The Bertz CT molecular complexity index is 1700.